The van der Waals surface area contributed by atoms with Crippen LogP contribution in [-0.2, 0) is 25.1 Å². The number of methoxy groups -OCH3 is 1. The number of amides is 1. The van der Waals surface area contributed by atoms with E-state index in [-0.39, 0.29) is 34.8 Å². The third-order valence-corrected chi connectivity index (χ3v) is 13.2. The van der Waals surface area contributed by atoms with Crippen LogP contribution in [-0.4, -0.2) is 54.6 Å². The summed E-state index contributed by atoms with van der Waals surface area (Å²) in [5.41, 5.74) is 8.43. The smallest absolute Gasteiger partial charge is 0.330 e. The van der Waals surface area contributed by atoms with Gasteiger partial charge in [-0.1, -0.05) is 57.2 Å². The van der Waals surface area contributed by atoms with Crippen LogP contribution in [0.3, 0.4) is 0 Å². The maximum absolute atomic E-state index is 14.1. The van der Waals surface area contributed by atoms with Gasteiger partial charge in [0.2, 0.25) is 0 Å². The van der Waals surface area contributed by atoms with Gasteiger partial charge in [0.25, 0.3) is 11.5 Å². The minimum atomic E-state index is -2.17. The number of carbonyl (C=O) groups excluding carboxylic acids is 1. The average Bonchev–Trinajstić information content (AvgIpc) is 2.99. The number of aromatic nitrogens is 2. The van der Waals surface area contributed by atoms with E-state index < -0.39 is 14.0 Å². The number of benzene rings is 2. The number of nitrogens with two attached hydrogens (primary N) is 1. The fourth-order valence-corrected chi connectivity index (χ4v) is 5.94. The van der Waals surface area contributed by atoms with E-state index in [1.165, 1.54) is 18.7 Å². The lowest BCUT2D eigenvalue weighted by atomic mass is 9.95. The minimum Gasteiger partial charge on any atom is -0.493 e. The Labute approximate surface area is 259 Å². The van der Waals surface area contributed by atoms with E-state index in [1.54, 1.807) is 30.3 Å². The van der Waals surface area contributed by atoms with Crippen molar-refractivity contribution in [1.82, 2.24) is 14.0 Å². The lowest BCUT2D eigenvalue weighted by Crippen LogP contribution is -2.50. The molecule has 1 amide bonds. The Morgan fingerprint density at radius 3 is 2.39 bits per heavy atom. The van der Waals surface area contributed by atoms with Crippen molar-refractivity contribution in [3.63, 3.8) is 0 Å². The highest BCUT2D eigenvalue weighted by Gasteiger charge is 2.39. The van der Waals surface area contributed by atoms with Gasteiger partial charge in [-0.15, -0.1) is 0 Å². The molecule has 44 heavy (non-hydrogen) atoms. The Kier molecular flexibility index (Phi) is 9.60. The van der Waals surface area contributed by atoms with E-state index in [1.807, 2.05) is 36.4 Å². The van der Waals surface area contributed by atoms with Crippen LogP contribution >= 0.6 is 0 Å². The molecule has 0 spiro atoms. The predicted octanol–water partition coefficient (Wildman–Crippen LogP) is 4.57. The summed E-state index contributed by atoms with van der Waals surface area (Å²) in [7, 11) is 2.44. The van der Waals surface area contributed by atoms with Crippen molar-refractivity contribution >= 4 is 25.5 Å². The van der Waals surface area contributed by atoms with Crippen LogP contribution in [0, 0.1) is 0 Å². The van der Waals surface area contributed by atoms with Crippen LogP contribution in [0.25, 0.3) is 5.57 Å². The van der Waals surface area contributed by atoms with Crippen LogP contribution < -0.4 is 26.5 Å². The standard InChI is InChI=1S/C33H44N4O6Si/c1-33(2,3)44(7,8)43-21-24-16-23(26-19-35(4)32(40)36(5)30(26)38)14-15-37(24)31(39)25-17-28(41-6)29(18-27(25)34)42-20-22-12-10-9-11-13-22/h9-14,17-19,24H,15-16,20-21,34H2,1-8H3/t24-/m0/s1. The first kappa shape index (κ1) is 32.8. The topological polar surface area (TPSA) is 118 Å². The van der Waals surface area contributed by atoms with Gasteiger partial charge in [0.1, 0.15) is 6.61 Å². The van der Waals surface area contributed by atoms with Gasteiger partial charge in [-0.05, 0) is 41.8 Å². The van der Waals surface area contributed by atoms with Crippen molar-refractivity contribution in [3.05, 3.63) is 92.3 Å². The van der Waals surface area contributed by atoms with Crippen LogP contribution in [0.15, 0.2) is 64.3 Å². The van der Waals surface area contributed by atoms with Gasteiger partial charge in [0.15, 0.2) is 19.8 Å². The molecule has 0 saturated heterocycles. The van der Waals surface area contributed by atoms with E-state index in [0.29, 0.717) is 42.3 Å². The van der Waals surface area contributed by atoms with Crippen molar-refractivity contribution in [3.8, 4) is 11.5 Å². The third-order valence-electron chi connectivity index (χ3n) is 8.73. The Morgan fingerprint density at radius 1 is 1.07 bits per heavy atom. The van der Waals surface area contributed by atoms with Crippen molar-refractivity contribution in [2.45, 2.75) is 58.0 Å². The molecular formula is C33H44N4O6Si. The minimum absolute atomic E-state index is 0.0315. The van der Waals surface area contributed by atoms with Gasteiger partial charge in [0.05, 0.1) is 30.9 Å². The Bertz CT molecular complexity index is 1670. The summed E-state index contributed by atoms with van der Waals surface area (Å²) in [5.74, 6) is 0.562. The number of nitrogens with zero attached hydrogens (tertiary/aromatic N) is 3. The molecule has 0 bridgehead atoms. The molecule has 2 N–H and O–H groups in total. The largest absolute Gasteiger partial charge is 0.493 e. The van der Waals surface area contributed by atoms with Gasteiger partial charge in [0, 0.05) is 38.6 Å². The number of carbonyl (C=O) groups is 1. The molecule has 1 aliphatic heterocycles. The molecule has 0 unspecified atom stereocenters. The van der Waals surface area contributed by atoms with Crippen LogP contribution in [0.2, 0.25) is 18.1 Å². The van der Waals surface area contributed by atoms with E-state index >= 15 is 0 Å². The zero-order chi connectivity index (χ0) is 32.4. The fraction of sp³-hybridized carbons (Fsp3) is 0.424. The van der Waals surface area contributed by atoms with E-state index in [0.717, 1.165) is 15.7 Å². The van der Waals surface area contributed by atoms with Crippen molar-refractivity contribution < 1.29 is 18.7 Å². The second-order valence-corrected chi connectivity index (χ2v) is 17.6. The average molecular weight is 621 g/mol. The molecule has 0 saturated carbocycles. The molecule has 3 aromatic rings. The normalized spacial score (nSPS) is 15.6. The first-order valence-electron chi connectivity index (χ1n) is 14.7. The molecule has 0 radical (unpaired) electrons. The number of hydrogen-bond donors (Lipinski definition) is 1. The monoisotopic (exact) mass is 620 g/mol. The summed E-state index contributed by atoms with van der Waals surface area (Å²) >= 11 is 0. The zero-order valence-corrected chi connectivity index (χ0v) is 28.0. The second kappa shape index (κ2) is 12.9. The lowest BCUT2D eigenvalue weighted by molar-refractivity contribution is 0.0627. The quantitative estimate of drug-likeness (QED) is 0.275. The van der Waals surface area contributed by atoms with Crippen LogP contribution in [0.4, 0.5) is 5.69 Å². The Balaban J connectivity index is 1.68. The number of anilines is 1. The summed E-state index contributed by atoms with van der Waals surface area (Å²) in [4.78, 5) is 41.3. The molecule has 10 nitrogen and oxygen atoms in total. The SMILES string of the molecule is COc1cc(C(=O)N2CC=C(c3cn(C)c(=O)n(C)c3=O)C[C@H]2CO[Si](C)(C)C(C)(C)C)c(N)cc1OCc1ccccc1. The summed E-state index contributed by atoms with van der Waals surface area (Å²) < 4.78 is 20.7. The van der Waals surface area contributed by atoms with Crippen molar-refractivity contribution in [1.29, 1.82) is 0 Å². The molecule has 236 valence electrons. The number of hydrogen-bond acceptors (Lipinski definition) is 7. The van der Waals surface area contributed by atoms with Crippen molar-refractivity contribution in [2.75, 3.05) is 26.0 Å². The van der Waals surface area contributed by atoms with Crippen LogP contribution in [0.5, 0.6) is 11.5 Å². The zero-order valence-electron chi connectivity index (χ0n) is 27.0. The molecule has 1 aromatic heterocycles. The second-order valence-electron chi connectivity index (χ2n) is 12.8. The van der Waals surface area contributed by atoms with Gasteiger partial charge in [-0.25, -0.2) is 4.79 Å². The van der Waals surface area contributed by atoms with Gasteiger partial charge in [-0.3, -0.25) is 14.2 Å². The third kappa shape index (κ3) is 6.84. The summed E-state index contributed by atoms with van der Waals surface area (Å²) in [5, 5.41) is -0.0315. The molecule has 1 aliphatic rings. The lowest BCUT2D eigenvalue weighted by Gasteiger charge is -2.41. The molecule has 0 fully saturated rings. The predicted molar refractivity (Wildman–Crippen MR) is 176 cm³/mol. The fourth-order valence-electron chi connectivity index (χ4n) is 4.90. The van der Waals surface area contributed by atoms with Gasteiger partial charge < -0.3 is 29.1 Å². The summed E-state index contributed by atoms with van der Waals surface area (Å²) in [6.07, 6.45) is 3.81. The molecule has 2 aromatic carbocycles. The summed E-state index contributed by atoms with van der Waals surface area (Å²) in [6.45, 7) is 11.7. The maximum atomic E-state index is 14.1. The van der Waals surface area contributed by atoms with Gasteiger partial charge >= 0.3 is 5.69 Å². The molecule has 2 heterocycles. The molecule has 4 rings (SSSR count). The molecular weight excluding hydrogens is 576 g/mol. The van der Waals surface area contributed by atoms with E-state index in [2.05, 4.69) is 33.9 Å². The molecule has 1 atom stereocenters. The highest BCUT2D eigenvalue weighted by atomic mass is 28.4. The van der Waals surface area contributed by atoms with Gasteiger partial charge in [-0.2, -0.15) is 0 Å². The van der Waals surface area contributed by atoms with Crippen molar-refractivity contribution in [2.24, 2.45) is 14.1 Å². The highest BCUT2D eigenvalue weighted by molar-refractivity contribution is 6.74. The maximum Gasteiger partial charge on any atom is 0.330 e. The Morgan fingerprint density at radius 2 is 1.75 bits per heavy atom. The number of ether oxygens (including phenoxy) is 2. The summed E-state index contributed by atoms with van der Waals surface area (Å²) in [6, 6.07) is 12.6. The first-order valence-corrected chi connectivity index (χ1v) is 17.6. The number of rotatable bonds is 9. The number of aryl methyl sites for hydroxylation is 1. The number of nitrogen functional groups attached to an aromatic ring is 1. The van der Waals surface area contributed by atoms with E-state index in [4.69, 9.17) is 19.6 Å². The van der Waals surface area contributed by atoms with E-state index in [9.17, 15) is 14.4 Å². The van der Waals surface area contributed by atoms with Crippen LogP contribution in [0.1, 0.15) is 48.7 Å². The molecule has 0 aliphatic carbocycles. The first-order chi connectivity index (χ1) is 20.6. The molecule has 11 heteroatoms. The highest BCUT2D eigenvalue weighted by Crippen LogP contribution is 2.38. The Hall–Kier alpha value is -4.09.